The maximum absolute atomic E-state index is 15.2. The van der Waals surface area contributed by atoms with Crippen LogP contribution in [0, 0.1) is 29.0 Å². The highest BCUT2D eigenvalue weighted by molar-refractivity contribution is 7.90. The summed E-state index contributed by atoms with van der Waals surface area (Å²) in [6.07, 6.45) is 6.67. The van der Waals surface area contributed by atoms with E-state index in [1.165, 1.54) is 79.3 Å². The molecule has 4 aromatic carbocycles. The van der Waals surface area contributed by atoms with E-state index in [0.29, 0.717) is 37.9 Å². The van der Waals surface area contributed by atoms with Crippen molar-refractivity contribution in [2.24, 2.45) is 28.9 Å². The van der Waals surface area contributed by atoms with Gasteiger partial charge in [0.05, 0.1) is 76.0 Å². The third kappa shape index (κ3) is 31.7. The van der Waals surface area contributed by atoms with Crippen LogP contribution in [-0.4, -0.2) is 211 Å². The highest BCUT2D eigenvalue weighted by Gasteiger charge is 2.41. The largest absolute Gasteiger partial charge is 0.455 e. The third-order valence-electron chi connectivity index (χ3n) is 22.8. The van der Waals surface area contributed by atoms with Crippen LogP contribution in [0.25, 0.3) is 11.1 Å². The number of amides is 11. The van der Waals surface area contributed by atoms with E-state index < -0.39 is 105 Å². The molecule has 126 heavy (non-hydrogen) atoms. The molecule has 690 valence electrons. The Bertz CT molecular complexity index is 4620. The maximum atomic E-state index is 15.2. The number of halogens is 1. The number of unbranched alkanes of at least 4 members (excludes halogenated alkanes) is 3. The Morgan fingerprint density at radius 1 is 0.690 bits per heavy atom. The number of primary amides is 1. The first-order valence-corrected chi connectivity index (χ1v) is 46.4. The number of sulfonamides is 1. The maximum Gasteiger partial charge on any atom is 0.312 e. The van der Waals surface area contributed by atoms with Gasteiger partial charge in [-0.2, -0.15) is 0 Å². The molecule has 1 saturated heterocycles. The van der Waals surface area contributed by atoms with Crippen LogP contribution in [-0.2, 0) is 89.8 Å². The lowest BCUT2D eigenvalue weighted by atomic mass is 9.83. The second-order valence-corrected chi connectivity index (χ2v) is 36.4. The number of fused-ring (bicyclic) bond motifs is 4. The lowest BCUT2D eigenvalue weighted by Crippen LogP contribution is -2.59. The van der Waals surface area contributed by atoms with Crippen LogP contribution in [0.2, 0.25) is 0 Å². The number of thiazole rings is 1. The fourth-order valence-electron chi connectivity index (χ4n) is 15.4. The molecule has 5 aromatic rings. The number of ether oxygens (including phenoxy) is 5. The van der Waals surface area contributed by atoms with Crippen molar-refractivity contribution in [3.8, 4) is 0 Å². The SMILES string of the molecule is CCCCCCN(C(=O)[C@@H](NC(=O)[C@H]1CCCCN1C)[C@@H](C)CC)[C@H](C[C@@H](OC(C)=O)c1nc(C(=O)N[C@@H](Cc2ccc(F)cc2)CC(C)(C)C(=O)NS(=O)(=O)c2ccc(NC(=O)[C@H](CCCNC(N)=O)NC(=O)[C@@H](NC(=O)CCOCCOCCOCCOCCNC(=O)CCC(=O)N3Cc4ccccc4C4=C(C4)c4ccccc43)C(C)C)cc2)cs1)C(C)C. The molecule has 0 radical (unpaired) electrons. The van der Waals surface area contributed by atoms with Crippen LogP contribution in [0.4, 0.5) is 20.6 Å². The zero-order valence-corrected chi connectivity index (χ0v) is 76.3. The number of nitrogens with zero attached hydrogens (tertiary/aromatic N) is 4. The molecule has 3 aliphatic rings. The molecular formula is C92H130FN13O18S2. The molecule has 0 unspecified atom stereocenters. The van der Waals surface area contributed by atoms with E-state index in [0.717, 1.165) is 85.4 Å². The fourth-order valence-corrected chi connectivity index (χ4v) is 17.4. The van der Waals surface area contributed by atoms with Crippen LogP contribution < -0.4 is 52.6 Å². The number of benzene rings is 4. The number of esters is 1. The molecule has 1 aromatic heterocycles. The zero-order valence-electron chi connectivity index (χ0n) is 74.7. The Labute approximate surface area is 744 Å². The number of rotatable bonds is 53. The number of hydrogen-bond donors (Lipinski definition) is 9. The van der Waals surface area contributed by atoms with Crippen LogP contribution in [0.1, 0.15) is 216 Å². The number of carbonyl (C=O) groups excluding carboxylic acids is 11. The molecule has 0 spiro atoms. The van der Waals surface area contributed by atoms with Crippen molar-refractivity contribution in [1.82, 2.24) is 51.4 Å². The number of likely N-dealkylation sites (N-methyl/N-ethyl adjacent to an activating group) is 1. The molecule has 34 heteroatoms. The Kier molecular flexibility index (Phi) is 40.6. The van der Waals surface area contributed by atoms with Gasteiger partial charge in [-0.3, -0.25) is 52.8 Å². The highest BCUT2D eigenvalue weighted by Crippen LogP contribution is 2.52. The minimum Gasteiger partial charge on any atom is -0.455 e. The predicted molar refractivity (Wildman–Crippen MR) is 479 cm³/mol. The van der Waals surface area contributed by atoms with Crippen LogP contribution >= 0.6 is 11.3 Å². The first kappa shape index (κ1) is 101. The Morgan fingerprint density at radius 2 is 1.35 bits per heavy atom. The molecule has 3 heterocycles. The summed E-state index contributed by atoms with van der Waals surface area (Å²) in [4.78, 5) is 160. The average molecular weight is 1790 g/mol. The van der Waals surface area contributed by atoms with E-state index in [2.05, 4.69) is 54.9 Å². The summed E-state index contributed by atoms with van der Waals surface area (Å²) in [7, 11) is -2.71. The van der Waals surface area contributed by atoms with Gasteiger partial charge in [0.2, 0.25) is 47.3 Å². The van der Waals surface area contributed by atoms with Gasteiger partial charge in [-0.1, -0.05) is 149 Å². The lowest BCUT2D eigenvalue weighted by molar-refractivity contribution is -0.150. The van der Waals surface area contributed by atoms with E-state index in [4.69, 9.17) is 34.4 Å². The monoisotopic (exact) mass is 1790 g/mol. The molecule has 1 fully saturated rings. The third-order valence-corrected chi connectivity index (χ3v) is 25.1. The average Bonchev–Trinajstić information content (AvgIpc) is 1.58. The first-order chi connectivity index (χ1) is 60.2. The molecule has 11 amide bonds. The Hall–Kier alpha value is -10.1. The van der Waals surface area contributed by atoms with Crippen molar-refractivity contribution in [2.45, 2.75) is 232 Å². The number of carbonyl (C=O) groups is 11. The summed E-state index contributed by atoms with van der Waals surface area (Å²) >= 11 is 1.08. The van der Waals surface area contributed by atoms with Crippen molar-refractivity contribution in [3.63, 3.8) is 0 Å². The number of nitrogens with two attached hydrogens (primary N) is 1. The number of urea groups is 1. The second kappa shape index (κ2) is 50.4. The Morgan fingerprint density at radius 3 is 2.00 bits per heavy atom. The smallest absolute Gasteiger partial charge is 0.312 e. The molecule has 8 atom stereocenters. The normalized spacial score (nSPS) is 15.6. The Balaban J connectivity index is 0.779. The fraction of sp³-hybridized carbons (Fsp3) is 0.565. The molecule has 0 bridgehead atoms. The quantitative estimate of drug-likeness (QED) is 0.0129. The van der Waals surface area contributed by atoms with Gasteiger partial charge in [0.1, 0.15) is 34.6 Å². The standard InChI is InChI=1S/C92H130FN13O18S2/c1-12-14-15-21-44-105(89(115)83(61(7)13-2)102-86(113)76-29-20-22-43-104(76)11)77(59(3)4)55-78(124-62(8)107)88-100-74(58-125-88)85(112)98-67(53-63-30-32-65(93)33-31-63)56-92(9,10)90(116)103-126(118,119)68-36-34-66(35-37-68)97-84(111)73(27-23-41-96-91(94)117)99-87(114)82(60(5)6)101-80(109)40-45-120-47-49-122-51-52-123-50-48-121-46-42-95-79(108)38-39-81(110)106-57-64-24-16-17-25-69(64)71-54-72(71)70-26-18-19-28-75(70)106/h16-19,24-26,28,30-37,58-61,67,73,76-78,82-83H,12-15,20-23,27,29,38-57H2,1-11H3,(H,95,108)(H,97,111)(H,98,112)(H,99,114)(H,101,109)(H,102,113)(H,103,116)(H3,94,96,117)/t61-,67-,73-,76+,77+,78+,82-,83-/m0/s1. The van der Waals surface area contributed by atoms with Gasteiger partial charge in [0.15, 0.2) is 6.10 Å². The summed E-state index contributed by atoms with van der Waals surface area (Å²) < 4.78 is 73.0. The molecule has 0 saturated carbocycles. The van der Waals surface area contributed by atoms with Crippen molar-refractivity contribution >= 4 is 109 Å². The number of allylic oxidation sites excluding steroid dienone is 2. The minimum atomic E-state index is -4.63. The van der Waals surface area contributed by atoms with Crippen molar-refractivity contribution in [3.05, 3.63) is 141 Å². The van der Waals surface area contributed by atoms with Gasteiger partial charge in [0, 0.05) is 86.4 Å². The van der Waals surface area contributed by atoms with Gasteiger partial charge < -0.3 is 76.4 Å². The number of aromatic nitrogens is 1. The van der Waals surface area contributed by atoms with Gasteiger partial charge in [0.25, 0.3) is 15.9 Å². The highest BCUT2D eigenvalue weighted by atomic mass is 32.2. The van der Waals surface area contributed by atoms with Crippen molar-refractivity contribution < 1.29 is 89.2 Å². The predicted octanol–water partition coefficient (Wildman–Crippen LogP) is 10.2. The lowest BCUT2D eigenvalue weighted by Gasteiger charge is -2.40. The van der Waals surface area contributed by atoms with Crippen LogP contribution in [0.3, 0.4) is 0 Å². The minimum absolute atomic E-state index is 0.00122. The number of likely N-dealkylation sites (tertiary alicyclic amines) is 1. The van der Waals surface area contributed by atoms with Gasteiger partial charge >= 0.3 is 12.0 Å². The number of hydrogen-bond acceptors (Lipinski definition) is 21. The van der Waals surface area contributed by atoms with E-state index in [-0.39, 0.29) is 180 Å². The van der Waals surface area contributed by atoms with E-state index in [1.54, 1.807) is 18.7 Å². The van der Waals surface area contributed by atoms with Gasteiger partial charge in [-0.15, -0.1) is 11.3 Å². The van der Waals surface area contributed by atoms with Crippen molar-refractivity contribution in [1.29, 1.82) is 0 Å². The number of piperidine rings is 1. The van der Waals surface area contributed by atoms with Crippen LogP contribution in [0.5, 0.6) is 0 Å². The molecule has 10 N–H and O–H groups in total. The topological polar surface area (TPSA) is 413 Å². The van der Waals surface area contributed by atoms with E-state index in [1.807, 2.05) is 87.0 Å². The number of anilines is 2. The zero-order chi connectivity index (χ0) is 91.6. The molecule has 8 rings (SSSR count). The van der Waals surface area contributed by atoms with Gasteiger partial charge in [-0.05, 0) is 153 Å². The number of para-hydroxylation sites is 1. The second-order valence-electron chi connectivity index (χ2n) is 33.8. The van der Waals surface area contributed by atoms with E-state index >= 15 is 4.79 Å². The summed E-state index contributed by atoms with van der Waals surface area (Å²) in [5.41, 5.74) is 11.1. The van der Waals surface area contributed by atoms with Crippen molar-refractivity contribution in [2.75, 3.05) is 96.3 Å². The summed E-state index contributed by atoms with van der Waals surface area (Å²) in [5, 5.41) is 21.3. The summed E-state index contributed by atoms with van der Waals surface area (Å²) in [6, 6.07) is 20.7. The first-order valence-electron chi connectivity index (χ1n) is 44.1. The number of nitrogens with one attached hydrogen (secondary N) is 8. The summed E-state index contributed by atoms with van der Waals surface area (Å²) in [6.45, 7) is 21.3. The molecule has 31 nitrogen and oxygen atoms in total. The van der Waals surface area contributed by atoms with Crippen LogP contribution in [0.15, 0.2) is 107 Å². The summed E-state index contributed by atoms with van der Waals surface area (Å²) in [5.74, 6) is -6.34. The molecule has 2 aliphatic heterocycles. The molecular weight excluding hydrogens is 1660 g/mol. The van der Waals surface area contributed by atoms with Gasteiger partial charge in [-0.25, -0.2) is 27.3 Å². The van der Waals surface area contributed by atoms with E-state index in [9.17, 15) is 60.8 Å². The molecule has 1 aliphatic carbocycles.